The molecular weight excluding hydrogens is 907 g/mol. The van der Waals surface area contributed by atoms with Crippen molar-refractivity contribution in [3.05, 3.63) is 11.6 Å². The molecule has 2 saturated heterocycles. The number of rotatable bonds is 17. The summed E-state index contributed by atoms with van der Waals surface area (Å²) >= 11 is 0. The van der Waals surface area contributed by atoms with Gasteiger partial charge in [-0.3, -0.25) is 60.1 Å². The summed E-state index contributed by atoms with van der Waals surface area (Å²) in [6.07, 6.45) is -4.70. The molecule has 2 aliphatic heterocycles. The van der Waals surface area contributed by atoms with E-state index in [0.717, 1.165) is 52.1 Å². The van der Waals surface area contributed by atoms with Gasteiger partial charge in [-0.05, 0) is 99.4 Å². The van der Waals surface area contributed by atoms with Crippen LogP contribution in [-0.4, -0.2) is 149 Å². The van der Waals surface area contributed by atoms with Crippen LogP contribution in [0.4, 0.5) is 0 Å². The molecule has 10 unspecified atom stereocenters. The largest absolute Gasteiger partial charge is 0.458 e. The normalized spacial score (nSPS) is 37.1. The molecule has 6 aliphatic rings. The van der Waals surface area contributed by atoms with Gasteiger partial charge in [-0.1, -0.05) is 19.4 Å². The molecule has 0 aromatic carbocycles. The van der Waals surface area contributed by atoms with Crippen molar-refractivity contribution < 1.29 is 82.5 Å². The van der Waals surface area contributed by atoms with Gasteiger partial charge in [0.2, 0.25) is 23.6 Å². The minimum Gasteiger partial charge on any atom is -0.458 e. The fraction of sp³-hybridized carbons (Fsp3) is 0.787. The van der Waals surface area contributed by atoms with Crippen LogP contribution in [0.3, 0.4) is 0 Å². The third kappa shape index (κ3) is 12.2. The van der Waals surface area contributed by atoms with Gasteiger partial charge in [0.05, 0.1) is 25.2 Å². The third-order valence-corrected chi connectivity index (χ3v) is 15.9. The second kappa shape index (κ2) is 23.2. The van der Waals surface area contributed by atoms with Crippen molar-refractivity contribution in [2.45, 2.75) is 179 Å². The lowest BCUT2D eigenvalue weighted by Gasteiger charge is -2.58. The molecule has 4 aliphatic carbocycles. The smallest absolute Gasteiger partial charge is 0.306 e. The number of hydrogen-bond acceptors (Lipinski definition) is 17. The number of carbonyl (C=O) groups is 8. The lowest BCUT2D eigenvalue weighted by atomic mass is 9.46. The first-order valence-corrected chi connectivity index (χ1v) is 24.2. The molecule has 5 amide bonds. The molecule has 0 aromatic rings. The van der Waals surface area contributed by atoms with E-state index in [9.17, 15) is 58.8 Å². The molecule has 2 heterocycles. The molecule has 16 atom stereocenters. The van der Waals surface area contributed by atoms with E-state index >= 15 is 0 Å². The first kappa shape index (κ1) is 53.9. The van der Waals surface area contributed by atoms with Gasteiger partial charge in [-0.25, -0.2) is 0 Å². The van der Waals surface area contributed by atoms with Crippen LogP contribution in [0.15, 0.2) is 11.6 Å². The number of unbranched alkanes of at least 4 members (excludes halogenated alkanes) is 1. The molecule has 386 valence electrons. The van der Waals surface area contributed by atoms with Gasteiger partial charge in [0.25, 0.3) is 5.91 Å². The number of hydrazine groups is 2. The molecule has 0 radical (unpaired) electrons. The molecule has 69 heavy (non-hydrogen) atoms. The zero-order chi connectivity index (χ0) is 50.4. The number of methoxy groups -OCH3 is 1. The maximum atomic E-state index is 13.5. The highest BCUT2D eigenvalue weighted by molar-refractivity contribution is 5.92. The van der Waals surface area contributed by atoms with Crippen LogP contribution < -0.4 is 27.0 Å². The number of fused-ring (bicyclic) bond motifs is 5. The van der Waals surface area contributed by atoms with Crippen LogP contribution in [0, 0.1) is 34.5 Å². The third-order valence-electron chi connectivity index (χ3n) is 15.9. The maximum Gasteiger partial charge on any atom is 0.306 e. The Hall–Kier alpha value is -4.42. The Morgan fingerprint density at radius 1 is 0.783 bits per heavy atom. The van der Waals surface area contributed by atoms with Crippen LogP contribution in [0.1, 0.15) is 118 Å². The van der Waals surface area contributed by atoms with E-state index in [0.29, 0.717) is 24.2 Å². The zero-order valence-electron chi connectivity index (χ0n) is 40.1. The highest BCUT2D eigenvalue weighted by Crippen LogP contribution is 2.66. The Labute approximate surface area is 401 Å². The summed E-state index contributed by atoms with van der Waals surface area (Å²) in [5, 5.41) is 44.8. The number of esters is 1. The van der Waals surface area contributed by atoms with Crippen molar-refractivity contribution in [2.75, 3.05) is 20.3 Å². The van der Waals surface area contributed by atoms with Gasteiger partial charge < -0.3 is 49.4 Å². The van der Waals surface area contributed by atoms with Crippen molar-refractivity contribution in [3.8, 4) is 0 Å². The van der Waals surface area contributed by atoms with Crippen molar-refractivity contribution in [1.29, 1.82) is 0 Å². The van der Waals surface area contributed by atoms with Gasteiger partial charge in [0.15, 0.2) is 24.0 Å². The summed E-state index contributed by atoms with van der Waals surface area (Å²) in [5.74, 6) is -2.76. The number of amides is 5. The first-order valence-electron chi connectivity index (χ1n) is 24.2. The predicted octanol–water partition coefficient (Wildman–Crippen LogP) is -0.626. The quantitative estimate of drug-likeness (QED) is 0.0498. The van der Waals surface area contributed by atoms with E-state index in [2.05, 4.69) is 40.9 Å². The number of ketones is 2. The lowest BCUT2D eigenvalue weighted by molar-refractivity contribution is -0.325. The van der Waals surface area contributed by atoms with Gasteiger partial charge in [0, 0.05) is 45.6 Å². The fourth-order valence-electron chi connectivity index (χ4n) is 12.2. The van der Waals surface area contributed by atoms with Gasteiger partial charge in [-0.2, -0.15) is 0 Å². The molecule has 22 heteroatoms. The van der Waals surface area contributed by atoms with E-state index in [1.54, 1.807) is 6.92 Å². The molecule has 6 rings (SSSR count). The lowest BCUT2D eigenvalue weighted by Crippen LogP contribution is -2.68. The Bertz CT molecular complexity index is 1970. The number of hydrogen-bond donors (Lipinski definition) is 9. The number of allylic oxidation sites excluding steroid dienone is 1. The van der Waals surface area contributed by atoms with E-state index in [1.807, 2.05) is 6.08 Å². The number of nitrogens with one attached hydrogen (secondary N) is 5. The number of ether oxygens (including phenoxy) is 5. The van der Waals surface area contributed by atoms with E-state index in [1.165, 1.54) is 12.5 Å². The zero-order valence-corrected chi connectivity index (χ0v) is 40.1. The molecule has 9 N–H and O–H groups in total. The van der Waals surface area contributed by atoms with Crippen molar-refractivity contribution in [1.82, 2.24) is 27.0 Å². The highest BCUT2D eigenvalue weighted by atomic mass is 16.7. The number of aliphatic hydroxyl groups is 4. The summed E-state index contributed by atoms with van der Waals surface area (Å²) in [6.45, 7) is 6.36. The van der Waals surface area contributed by atoms with Crippen LogP contribution in [-0.2, 0) is 62.0 Å². The Balaban J connectivity index is 0.849. The summed E-state index contributed by atoms with van der Waals surface area (Å²) in [7, 11) is 1.15. The average Bonchev–Trinajstić information content (AvgIpc) is 3.68. The molecule has 22 nitrogen and oxygen atoms in total. The fourth-order valence-corrected chi connectivity index (χ4v) is 12.2. The summed E-state index contributed by atoms with van der Waals surface area (Å²) in [5.41, 5.74) is 10.0. The predicted molar refractivity (Wildman–Crippen MR) is 238 cm³/mol. The van der Waals surface area contributed by atoms with Crippen molar-refractivity contribution in [3.63, 3.8) is 0 Å². The first-order chi connectivity index (χ1) is 32.7. The minimum absolute atomic E-state index is 0.0419. The SMILES string of the molecule is COC1C(C(=O)NNC(=O)CCCCC(=O)NNC(=O)CCC(=O)OCC(=O)[C@H]2CC[C@H]3[C@@H]4CCC5=CC(=O)CC[C@]5(C)[C@H]4CC[C@]23C)OC(OC2C(O)C(CO)OC(C)C2NC(C)=O)C(O)C1O. The maximum absolute atomic E-state index is 13.5. The van der Waals surface area contributed by atoms with Gasteiger partial charge >= 0.3 is 5.97 Å². The van der Waals surface area contributed by atoms with E-state index in [4.69, 9.17) is 23.7 Å². The standard InChI is InChI=1S/C47H71N5O17/c1-23-37(48-24(2)54)41(38(61)32(21-53)67-23)68-45-40(63)39(62)42(65-5)43(69-45)44(64)52-51-34(58)9-7-6-8-33(57)49-50-35(59)14-15-36(60)66-22-31(56)30-13-12-28-27-11-10-25-20-26(55)16-18-46(25,3)29(27)17-19-47(28,30)4/h20,23,27-30,32,37-43,45,53,61-63H,6-19,21-22H2,1-5H3,(H,48,54)(H,49,57)(H,50,59)(H,51,58)(H,52,64)/t23?,27-,28-,29-,30+,32?,37?,38?,39?,40?,41?,42?,43?,45?,46-,47-/m0/s1. The monoisotopic (exact) mass is 977 g/mol. The van der Waals surface area contributed by atoms with Crippen LogP contribution in [0.5, 0.6) is 0 Å². The summed E-state index contributed by atoms with van der Waals surface area (Å²) in [4.78, 5) is 101. The average molecular weight is 978 g/mol. The van der Waals surface area contributed by atoms with Gasteiger partial charge in [0.1, 0.15) is 43.2 Å². The molecule has 0 bridgehead atoms. The minimum atomic E-state index is -1.81. The molecule has 3 saturated carbocycles. The van der Waals surface area contributed by atoms with Gasteiger partial charge in [-0.15, -0.1) is 0 Å². The summed E-state index contributed by atoms with van der Waals surface area (Å²) < 4.78 is 27.6. The van der Waals surface area contributed by atoms with E-state index < -0.39 is 103 Å². The van der Waals surface area contributed by atoms with Crippen LogP contribution in [0.2, 0.25) is 0 Å². The van der Waals surface area contributed by atoms with Crippen LogP contribution >= 0.6 is 0 Å². The molecular formula is C47H71N5O17. The second-order valence-electron chi connectivity index (χ2n) is 20.1. The topological polar surface area (TPSA) is 324 Å². The second-order valence-corrected chi connectivity index (χ2v) is 20.1. The Kier molecular flexibility index (Phi) is 18.1. The van der Waals surface area contributed by atoms with E-state index in [-0.39, 0.29) is 73.4 Å². The molecule has 5 fully saturated rings. The van der Waals surface area contributed by atoms with Crippen LogP contribution in [0.25, 0.3) is 0 Å². The Morgan fingerprint density at radius 3 is 2.10 bits per heavy atom. The number of carbonyl (C=O) groups excluding carboxylic acids is 8. The van der Waals surface area contributed by atoms with Crippen molar-refractivity contribution in [2.24, 2.45) is 34.5 Å². The van der Waals surface area contributed by atoms with Crippen molar-refractivity contribution >= 4 is 47.1 Å². The number of aliphatic hydroxyl groups excluding tert-OH is 4. The Morgan fingerprint density at radius 2 is 1.45 bits per heavy atom. The highest BCUT2D eigenvalue weighted by Gasteiger charge is 2.60. The number of Topliss-reactive ketones (excluding diaryl/α,β-unsaturated/α-hetero) is 1. The summed E-state index contributed by atoms with van der Waals surface area (Å²) in [6, 6.07) is -0.997. The molecule has 0 spiro atoms. The molecule has 0 aromatic heterocycles.